The van der Waals surface area contributed by atoms with Crippen molar-refractivity contribution >= 4 is 11.6 Å². The Kier molecular flexibility index (Phi) is 2.44. The molecule has 0 bridgehead atoms. The number of nitrogens with two attached hydrogens (primary N) is 1. The fourth-order valence-corrected chi connectivity index (χ4v) is 1.63. The highest BCUT2D eigenvalue weighted by atomic mass is 35.5. The molecule has 0 aliphatic heterocycles. The zero-order valence-electron chi connectivity index (χ0n) is 7.63. The molecule has 0 saturated heterocycles. The minimum atomic E-state index is -0.427. The van der Waals surface area contributed by atoms with E-state index < -0.39 is 5.54 Å². The van der Waals surface area contributed by atoms with Crippen LogP contribution in [0.5, 0.6) is 0 Å². The second kappa shape index (κ2) is 3.07. The Morgan fingerprint density at radius 3 is 2.58 bits per heavy atom. The van der Waals surface area contributed by atoms with Gasteiger partial charge in [0.15, 0.2) is 5.15 Å². The first-order chi connectivity index (χ1) is 5.46. The maximum absolute atomic E-state index is 5.93. The molecule has 0 aliphatic carbocycles. The van der Waals surface area contributed by atoms with Crippen LogP contribution in [-0.2, 0) is 12.1 Å². The van der Waals surface area contributed by atoms with Gasteiger partial charge in [-0.25, -0.2) is 4.98 Å². The molecule has 3 nitrogen and oxygen atoms in total. The predicted octanol–water partition coefficient (Wildman–Crippen LogP) is 1.75. The third-order valence-corrected chi connectivity index (χ3v) is 2.02. The van der Waals surface area contributed by atoms with Crippen LogP contribution in [0.2, 0.25) is 5.15 Å². The quantitative estimate of drug-likeness (QED) is 0.767. The molecule has 68 valence electrons. The first kappa shape index (κ1) is 9.55. The summed E-state index contributed by atoms with van der Waals surface area (Å²) < 4.78 is 1.96. The topological polar surface area (TPSA) is 43.8 Å². The lowest BCUT2D eigenvalue weighted by molar-refractivity contribution is 0.499. The van der Waals surface area contributed by atoms with Crippen LogP contribution < -0.4 is 5.73 Å². The van der Waals surface area contributed by atoms with Gasteiger partial charge in [0.05, 0.1) is 17.6 Å². The van der Waals surface area contributed by atoms with Gasteiger partial charge in [0.1, 0.15) is 0 Å². The Hall–Kier alpha value is -0.540. The summed E-state index contributed by atoms with van der Waals surface area (Å²) in [5.41, 5.74) is 6.40. The van der Waals surface area contributed by atoms with Crippen LogP contribution in [0, 0.1) is 0 Å². The molecule has 0 spiro atoms. The highest BCUT2D eigenvalue weighted by Gasteiger charge is 2.22. The largest absolute Gasteiger partial charge is 0.332 e. The van der Waals surface area contributed by atoms with E-state index in [-0.39, 0.29) is 0 Å². The Bertz CT molecular complexity index is 272. The summed E-state index contributed by atoms with van der Waals surface area (Å²) in [6.45, 7) is 6.72. The second-order valence-corrected chi connectivity index (χ2v) is 3.75. The molecule has 1 aromatic rings. The van der Waals surface area contributed by atoms with E-state index in [0.29, 0.717) is 5.15 Å². The molecule has 0 atom stereocenters. The van der Waals surface area contributed by atoms with Crippen LogP contribution >= 0.6 is 11.6 Å². The Morgan fingerprint density at radius 2 is 2.25 bits per heavy atom. The maximum atomic E-state index is 5.93. The molecule has 1 aromatic heterocycles. The normalized spacial score (nSPS) is 12.1. The predicted molar refractivity (Wildman–Crippen MR) is 50.1 cm³/mol. The Morgan fingerprint density at radius 1 is 1.67 bits per heavy atom. The minimum Gasteiger partial charge on any atom is -0.332 e. The molecule has 4 heteroatoms. The van der Waals surface area contributed by atoms with Crippen LogP contribution in [0.25, 0.3) is 0 Å². The van der Waals surface area contributed by atoms with Gasteiger partial charge < -0.3 is 10.3 Å². The van der Waals surface area contributed by atoms with Crippen molar-refractivity contribution in [2.45, 2.75) is 32.9 Å². The summed E-state index contributed by atoms with van der Waals surface area (Å²) in [7, 11) is 0. The smallest absolute Gasteiger partial charge is 0.152 e. The summed E-state index contributed by atoms with van der Waals surface area (Å²) >= 11 is 5.90. The number of aryl methyl sites for hydroxylation is 1. The summed E-state index contributed by atoms with van der Waals surface area (Å²) in [6, 6.07) is 0. The van der Waals surface area contributed by atoms with Crippen molar-refractivity contribution in [1.82, 2.24) is 9.55 Å². The van der Waals surface area contributed by atoms with E-state index in [9.17, 15) is 0 Å². The standard InChI is InChI=1S/C8H14ClN3/c1-4-12-5-11-7(9)6(12)8(2,3)10/h5H,4,10H2,1-3H3. The van der Waals surface area contributed by atoms with E-state index in [1.54, 1.807) is 6.33 Å². The second-order valence-electron chi connectivity index (χ2n) is 3.39. The van der Waals surface area contributed by atoms with E-state index in [1.807, 2.05) is 25.3 Å². The van der Waals surface area contributed by atoms with Crippen LogP contribution in [0.1, 0.15) is 26.5 Å². The Labute approximate surface area is 77.5 Å². The molecule has 0 saturated carbocycles. The summed E-state index contributed by atoms with van der Waals surface area (Å²) in [5, 5.41) is 0.504. The van der Waals surface area contributed by atoms with Crippen LogP contribution in [0.4, 0.5) is 0 Å². The molecule has 0 unspecified atom stereocenters. The van der Waals surface area contributed by atoms with E-state index in [2.05, 4.69) is 4.98 Å². The van der Waals surface area contributed by atoms with Crippen molar-refractivity contribution in [2.75, 3.05) is 0 Å². The Balaban J connectivity index is 3.19. The van der Waals surface area contributed by atoms with Crippen molar-refractivity contribution in [3.05, 3.63) is 17.2 Å². The number of halogens is 1. The van der Waals surface area contributed by atoms with E-state index in [0.717, 1.165) is 12.2 Å². The molecule has 12 heavy (non-hydrogen) atoms. The van der Waals surface area contributed by atoms with Crippen LogP contribution in [0.15, 0.2) is 6.33 Å². The minimum absolute atomic E-state index is 0.427. The molecular weight excluding hydrogens is 174 g/mol. The van der Waals surface area contributed by atoms with Gasteiger partial charge in [-0.3, -0.25) is 0 Å². The molecule has 1 heterocycles. The first-order valence-electron chi connectivity index (χ1n) is 3.96. The molecule has 1 rings (SSSR count). The van der Waals surface area contributed by atoms with Crippen LogP contribution in [0.3, 0.4) is 0 Å². The molecule has 0 aliphatic rings. The number of hydrogen-bond donors (Lipinski definition) is 1. The van der Waals surface area contributed by atoms with Gasteiger partial charge in [-0.1, -0.05) is 11.6 Å². The van der Waals surface area contributed by atoms with Crippen molar-refractivity contribution in [3.63, 3.8) is 0 Å². The van der Waals surface area contributed by atoms with E-state index >= 15 is 0 Å². The lowest BCUT2D eigenvalue weighted by Crippen LogP contribution is -2.31. The van der Waals surface area contributed by atoms with Gasteiger partial charge in [-0.05, 0) is 20.8 Å². The van der Waals surface area contributed by atoms with Crippen molar-refractivity contribution in [2.24, 2.45) is 5.73 Å². The van der Waals surface area contributed by atoms with Gasteiger partial charge >= 0.3 is 0 Å². The van der Waals surface area contributed by atoms with Gasteiger partial charge in [0.25, 0.3) is 0 Å². The SMILES string of the molecule is CCn1cnc(Cl)c1C(C)(C)N. The third-order valence-electron chi connectivity index (χ3n) is 1.74. The van der Waals surface area contributed by atoms with Gasteiger partial charge in [-0.2, -0.15) is 0 Å². The summed E-state index contributed by atoms with van der Waals surface area (Å²) in [4.78, 5) is 4.00. The average Bonchev–Trinajstić information content (AvgIpc) is 2.29. The molecule has 0 radical (unpaired) electrons. The van der Waals surface area contributed by atoms with Gasteiger partial charge in [0.2, 0.25) is 0 Å². The number of nitrogens with zero attached hydrogens (tertiary/aromatic N) is 2. The molecule has 2 N–H and O–H groups in total. The number of hydrogen-bond acceptors (Lipinski definition) is 2. The van der Waals surface area contributed by atoms with Gasteiger partial charge in [-0.15, -0.1) is 0 Å². The monoisotopic (exact) mass is 187 g/mol. The van der Waals surface area contributed by atoms with Crippen molar-refractivity contribution in [3.8, 4) is 0 Å². The number of rotatable bonds is 2. The summed E-state index contributed by atoms with van der Waals surface area (Å²) in [6.07, 6.45) is 1.71. The van der Waals surface area contributed by atoms with E-state index in [4.69, 9.17) is 17.3 Å². The third kappa shape index (κ3) is 1.62. The van der Waals surface area contributed by atoms with Crippen molar-refractivity contribution in [1.29, 1.82) is 0 Å². The maximum Gasteiger partial charge on any atom is 0.152 e. The molecule has 0 amide bonds. The molecule has 0 fully saturated rings. The van der Waals surface area contributed by atoms with Crippen molar-refractivity contribution < 1.29 is 0 Å². The highest BCUT2D eigenvalue weighted by molar-refractivity contribution is 6.30. The molecular formula is C8H14ClN3. The average molecular weight is 188 g/mol. The lowest BCUT2D eigenvalue weighted by Gasteiger charge is -2.20. The number of aromatic nitrogens is 2. The fraction of sp³-hybridized carbons (Fsp3) is 0.625. The highest BCUT2D eigenvalue weighted by Crippen LogP contribution is 2.24. The zero-order valence-corrected chi connectivity index (χ0v) is 8.39. The fourth-order valence-electron chi connectivity index (χ4n) is 1.23. The number of imidazole rings is 1. The van der Waals surface area contributed by atoms with Crippen LogP contribution in [-0.4, -0.2) is 9.55 Å². The first-order valence-corrected chi connectivity index (χ1v) is 4.34. The van der Waals surface area contributed by atoms with Gasteiger partial charge in [0, 0.05) is 6.54 Å². The molecule has 0 aromatic carbocycles. The lowest BCUT2D eigenvalue weighted by atomic mass is 10.0. The van der Waals surface area contributed by atoms with E-state index in [1.165, 1.54) is 0 Å². The zero-order chi connectivity index (χ0) is 9.35. The summed E-state index contributed by atoms with van der Waals surface area (Å²) in [5.74, 6) is 0.